The number of halogens is 3. The van der Waals surface area contributed by atoms with Crippen LogP contribution in [-0.2, 0) is 15.8 Å². The fourth-order valence-corrected chi connectivity index (χ4v) is 3.70. The Morgan fingerprint density at radius 3 is 2.37 bits per heavy atom. The topological polar surface area (TPSA) is 140 Å². The van der Waals surface area contributed by atoms with Crippen LogP contribution in [0.4, 0.5) is 13.2 Å². The number of likely N-dealkylation sites (N-methyl/N-ethyl adjacent to an activating group) is 1. The molecule has 0 heterocycles. The first-order valence-corrected chi connectivity index (χ1v) is 10.6. The molecule has 2 aromatic carbocycles. The Labute approximate surface area is 203 Å². The molecule has 192 valence electrons. The number of benzene rings is 2. The van der Waals surface area contributed by atoms with E-state index in [1.807, 2.05) is 0 Å². The van der Waals surface area contributed by atoms with E-state index in [4.69, 9.17) is 22.1 Å². The zero-order chi connectivity index (χ0) is 26.5. The number of aldehydes is 1. The highest BCUT2D eigenvalue weighted by Gasteiger charge is 2.37. The summed E-state index contributed by atoms with van der Waals surface area (Å²) < 4.78 is 46.0. The van der Waals surface area contributed by atoms with Crippen LogP contribution in [0.1, 0.15) is 11.1 Å². The van der Waals surface area contributed by atoms with E-state index in [-0.39, 0.29) is 33.4 Å². The first kappa shape index (κ1) is 28.4. The average Bonchev–Trinajstić information content (AvgIpc) is 2.83. The second-order valence-corrected chi connectivity index (χ2v) is 8.05. The average molecular weight is 519 g/mol. The lowest BCUT2D eigenvalue weighted by Gasteiger charge is -2.27. The number of aliphatic hydroxyl groups excluding tert-OH is 4. The molecule has 0 radical (unpaired) electrons. The van der Waals surface area contributed by atoms with Crippen molar-refractivity contribution >= 4 is 40.2 Å². The lowest BCUT2D eigenvalue weighted by molar-refractivity contribution is -0.137. The van der Waals surface area contributed by atoms with Crippen molar-refractivity contribution in [2.45, 2.75) is 30.5 Å². The lowest BCUT2D eigenvalue weighted by Crippen LogP contribution is -2.54. The highest BCUT2D eigenvalue weighted by molar-refractivity contribution is 7.80. The second kappa shape index (κ2) is 11.7. The Morgan fingerprint density at radius 2 is 1.83 bits per heavy atom. The van der Waals surface area contributed by atoms with Crippen molar-refractivity contribution in [2.75, 3.05) is 27.3 Å². The number of alkyl halides is 3. The lowest BCUT2D eigenvalue weighted by atomic mass is 9.98. The summed E-state index contributed by atoms with van der Waals surface area (Å²) in [6.45, 7) is -1.34. The van der Waals surface area contributed by atoms with E-state index < -0.39 is 55.2 Å². The maximum atomic E-state index is 13.7. The van der Waals surface area contributed by atoms with E-state index >= 15 is 0 Å². The van der Waals surface area contributed by atoms with Crippen LogP contribution in [0.15, 0.2) is 30.3 Å². The van der Waals surface area contributed by atoms with E-state index in [2.05, 4.69) is 5.32 Å². The van der Waals surface area contributed by atoms with Gasteiger partial charge in [0, 0.05) is 12.6 Å². The van der Waals surface area contributed by atoms with E-state index in [0.29, 0.717) is 0 Å². The maximum Gasteiger partial charge on any atom is 0.420 e. The van der Waals surface area contributed by atoms with Crippen LogP contribution < -0.4 is 10.1 Å². The predicted molar refractivity (Wildman–Crippen MR) is 123 cm³/mol. The molecule has 0 aromatic heterocycles. The smallest absolute Gasteiger partial charge is 0.420 e. The summed E-state index contributed by atoms with van der Waals surface area (Å²) in [5.41, 5.74) is -0.719. The van der Waals surface area contributed by atoms with Gasteiger partial charge in [-0.2, -0.15) is 13.2 Å². The zero-order valence-electron chi connectivity index (χ0n) is 18.7. The molecule has 35 heavy (non-hydrogen) atoms. The Hall–Kier alpha value is -2.84. The largest absolute Gasteiger partial charge is 0.496 e. The molecule has 9 nitrogen and oxygen atoms in total. The summed E-state index contributed by atoms with van der Waals surface area (Å²) in [6, 6.07) is 5.15. The van der Waals surface area contributed by atoms with Crippen LogP contribution in [0.2, 0.25) is 0 Å². The number of aliphatic hydroxyl groups is 4. The van der Waals surface area contributed by atoms with Gasteiger partial charge < -0.3 is 40.2 Å². The van der Waals surface area contributed by atoms with Gasteiger partial charge in [-0.3, -0.25) is 4.79 Å². The van der Waals surface area contributed by atoms with Crippen molar-refractivity contribution in [1.29, 1.82) is 0 Å². The van der Waals surface area contributed by atoms with Gasteiger partial charge in [-0.05, 0) is 22.9 Å². The van der Waals surface area contributed by atoms with Crippen molar-refractivity contribution in [3.8, 4) is 5.75 Å². The Bertz CT molecular complexity index is 1080. The number of amides is 1. The fourth-order valence-electron chi connectivity index (χ4n) is 3.46. The first-order chi connectivity index (χ1) is 16.4. The molecule has 4 atom stereocenters. The van der Waals surface area contributed by atoms with Gasteiger partial charge in [0.2, 0.25) is 5.91 Å². The van der Waals surface area contributed by atoms with Gasteiger partial charge in [-0.15, -0.1) is 0 Å². The highest BCUT2D eigenvalue weighted by atomic mass is 32.1. The summed E-state index contributed by atoms with van der Waals surface area (Å²) >= 11 is 5.39. The molecule has 0 bridgehead atoms. The quantitative estimate of drug-likeness (QED) is 0.221. The number of hydrogen-bond acceptors (Lipinski definition) is 8. The van der Waals surface area contributed by atoms with Gasteiger partial charge in [0.25, 0.3) is 0 Å². The van der Waals surface area contributed by atoms with Gasteiger partial charge in [0.1, 0.15) is 46.9 Å². The van der Waals surface area contributed by atoms with Gasteiger partial charge in [-0.1, -0.05) is 30.4 Å². The second-order valence-electron chi connectivity index (χ2n) is 7.66. The summed E-state index contributed by atoms with van der Waals surface area (Å²) in [4.78, 5) is 25.0. The minimum absolute atomic E-state index is 0.0305. The van der Waals surface area contributed by atoms with E-state index in [9.17, 15) is 38.1 Å². The molecule has 2 aromatic rings. The molecule has 0 spiro atoms. The van der Waals surface area contributed by atoms with Crippen LogP contribution in [0.25, 0.3) is 10.8 Å². The first-order valence-electron chi connectivity index (χ1n) is 10.2. The minimum atomic E-state index is -4.70. The molecule has 0 aliphatic rings. The molecule has 0 aliphatic carbocycles. The number of methoxy groups -OCH3 is 1. The van der Waals surface area contributed by atoms with Crippen molar-refractivity contribution in [2.24, 2.45) is 0 Å². The number of carbonyl (C=O) groups is 2. The number of nitrogens with one attached hydrogen (secondary N) is 1. The highest BCUT2D eigenvalue weighted by Crippen LogP contribution is 2.42. The minimum Gasteiger partial charge on any atom is -0.496 e. The number of hydrogen-bond donors (Lipinski definition) is 5. The van der Waals surface area contributed by atoms with Crippen molar-refractivity contribution in [3.63, 3.8) is 0 Å². The van der Waals surface area contributed by atoms with Crippen molar-refractivity contribution < 1.29 is 47.9 Å². The third-order valence-electron chi connectivity index (χ3n) is 5.26. The maximum absolute atomic E-state index is 13.7. The molecule has 5 N–H and O–H groups in total. The molecule has 1 amide bonds. The number of fused-ring (bicyclic) bond motifs is 1. The van der Waals surface area contributed by atoms with Crippen molar-refractivity contribution in [3.05, 3.63) is 41.5 Å². The van der Waals surface area contributed by atoms with E-state index in [0.717, 1.165) is 7.11 Å². The molecular formula is C22H25F3N2O7S. The van der Waals surface area contributed by atoms with Crippen LogP contribution in [0.5, 0.6) is 5.75 Å². The number of carbonyl (C=O) groups excluding carboxylic acids is 2. The molecule has 0 saturated carbocycles. The molecule has 13 heteroatoms. The molecule has 2 rings (SSSR count). The Balaban J connectivity index is 2.26. The molecule has 0 unspecified atom stereocenters. The summed E-state index contributed by atoms with van der Waals surface area (Å²) in [7, 11) is 2.54. The summed E-state index contributed by atoms with van der Waals surface area (Å²) in [5.74, 6) is -1.16. The molecule has 0 aliphatic heterocycles. The zero-order valence-corrected chi connectivity index (χ0v) is 19.5. The van der Waals surface area contributed by atoms with Crippen LogP contribution in [0, 0.1) is 0 Å². The summed E-state index contributed by atoms with van der Waals surface area (Å²) in [5, 5.41) is 40.2. The monoisotopic (exact) mass is 518 g/mol. The number of rotatable bonds is 10. The number of nitrogens with zero attached hydrogens (tertiary/aromatic N) is 1. The Kier molecular flexibility index (Phi) is 9.52. The van der Waals surface area contributed by atoms with Crippen LogP contribution in [0.3, 0.4) is 0 Å². The predicted octanol–water partition coefficient (Wildman–Crippen LogP) is 0.233. The standard InChI is InChI=1S/C22H25F3N2O7S/c1-27(8-17(31)26-14(9-28)19(32)20(33)15(30)10-29)21(35)13-5-3-4-12-11(13)6-7-16(34-2)18(12)22(23,24)25/h3-7,9,14-15,19-20,29-30,32-33H,8,10H2,1-2H3,(H,26,31)/t14-,15-,19-,20-/m1/s1. The normalized spacial score (nSPS) is 15.1. The third kappa shape index (κ3) is 6.44. The fraction of sp³-hybridized carbons (Fsp3) is 0.409. The van der Waals surface area contributed by atoms with Gasteiger partial charge in [0.15, 0.2) is 0 Å². The molecule has 0 fully saturated rings. The number of ether oxygens (including phenoxy) is 1. The SMILES string of the molecule is COc1ccc2c(C(=S)N(C)CC(=O)N[C@H](C=O)[C@@H](O)[C@H](O)[C@H](O)CO)cccc2c1C(F)(F)F. The van der Waals surface area contributed by atoms with Crippen LogP contribution >= 0.6 is 12.2 Å². The summed E-state index contributed by atoms with van der Waals surface area (Å²) in [6.07, 6.45) is -10.1. The van der Waals surface area contributed by atoms with Crippen molar-refractivity contribution in [1.82, 2.24) is 10.2 Å². The van der Waals surface area contributed by atoms with Crippen LogP contribution in [-0.4, -0.2) is 94.2 Å². The van der Waals surface area contributed by atoms with E-state index in [1.165, 1.54) is 42.3 Å². The molecule has 0 saturated heterocycles. The van der Waals surface area contributed by atoms with E-state index in [1.54, 1.807) is 0 Å². The third-order valence-corrected chi connectivity index (χ3v) is 5.79. The molecular weight excluding hydrogens is 493 g/mol. The van der Waals surface area contributed by atoms with Gasteiger partial charge in [-0.25, -0.2) is 0 Å². The number of thiocarbonyl (C=S) groups is 1. The van der Waals surface area contributed by atoms with Gasteiger partial charge >= 0.3 is 6.18 Å². The Morgan fingerprint density at radius 1 is 1.17 bits per heavy atom. The van der Waals surface area contributed by atoms with Gasteiger partial charge in [0.05, 0.1) is 20.3 Å².